The van der Waals surface area contributed by atoms with Crippen LogP contribution in [0.25, 0.3) is 22.0 Å². The summed E-state index contributed by atoms with van der Waals surface area (Å²) < 4.78 is 15.6. The zero-order chi connectivity index (χ0) is 22.0. The van der Waals surface area contributed by atoms with Gasteiger partial charge in [0.05, 0.1) is 24.4 Å². The zero-order valence-corrected chi connectivity index (χ0v) is 20.1. The molecule has 31 heavy (non-hydrogen) atoms. The first-order valence-corrected chi connectivity index (χ1v) is 12.2. The molecule has 4 rings (SSSR count). The van der Waals surface area contributed by atoms with Crippen molar-refractivity contribution in [3.63, 3.8) is 0 Å². The minimum atomic E-state index is -0.233. The molecule has 3 heterocycles. The van der Waals surface area contributed by atoms with Gasteiger partial charge in [-0.15, -0.1) is 0 Å². The van der Waals surface area contributed by atoms with E-state index in [1.807, 2.05) is 18.7 Å². The number of alkyl halides is 1. The molecule has 3 aromatic rings. The molecule has 0 saturated heterocycles. The lowest BCUT2D eigenvalue weighted by Gasteiger charge is -2.13. The zero-order valence-electron chi connectivity index (χ0n) is 18.5. The van der Waals surface area contributed by atoms with E-state index in [4.69, 9.17) is 14.6 Å². The summed E-state index contributed by atoms with van der Waals surface area (Å²) in [5.74, 6) is -0.233. The van der Waals surface area contributed by atoms with Gasteiger partial charge in [0.15, 0.2) is 0 Å². The van der Waals surface area contributed by atoms with Crippen molar-refractivity contribution in [1.82, 2.24) is 14.3 Å². The molecule has 0 aliphatic carbocycles. The smallest absolute Gasteiger partial charge is 0.355 e. The number of nitrogens with zero attached hydrogens (tertiary/aromatic N) is 3. The Hall–Kier alpha value is -2.12. The Morgan fingerprint density at radius 2 is 2.16 bits per heavy atom. The molecule has 0 radical (unpaired) electrons. The van der Waals surface area contributed by atoms with Gasteiger partial charge in [-0.2, -0.15) is 5.10 Å². The maximum atomic E-state index is 13.2. The number of aryl methyl sites for hydroxylation is 3. The van der Waals surface area contributed by atoms with Gasteiger partial charge in [0.1, 0.15) is 5.69 Å². The van der Waals surface area contributed by atoms with Crippen molar-refractivity contribution in [3.05, 3.63) is 40.8 Å². The van der Waals surface area contributed by atoms with Gasteiger partial charge in [-0.25, -0.2) is 4.79 Å². The van der Waals surface area contributed by atoms with Crippen LogP contribution in [-0.2, 0) is 36.1 Å². The quantitative estimate of drug-likeness (QED) is 0.368. The van der Waals surface area contributed by atoms with Crippen molar-refractivity contribution in [2.75, 3.05) is 18.5 Å². The third-order valence-electron chi connectivity index (χ3n) is 6.05. The highest BCUT2D eigenvalue weighted by molar-refractivity contribution is 9.09. The van der Waals surface area contributed by atoms with Crippen LogP contribution in [-0.4, -0.2) is 38.9 Å². The topological polar surface area (TPSA) is 58.3 Å². The predicted molar refractivity (Wildman–Crippen MR) is 126 cm³/mol. The first-order chi connectivity index (χ1) is 15.1. The Balaban J connectivity index is 2.06. The summed E-state index contributed by atoms with van der Waals surface area (Å²) in [6, 6.07) is 6.38. The van der Waals surface area contributed by atoms with Crippen molar-refractivity contribution in [1.29, 1.82) is 0 Å². The second kappa shape index (κ2) is 9.57. The molecule has 0 N–H and O–H groups in total. The monoisotopic (exact) mass is 487 g/mol. The molecule has 0 atom stereocenters. The number of carbonyl (C=O) groups excluding carboxylic acids is 1. The maximum Gasteiger partial charge on any atom is 0.355 e. The summed E-state index contributed by atoms with van der Waals surface area (Å²) in [5.41, 5.74) is 7.16. The van der Waals surface area contributed by atoms with E-state index in [0.717, 1.165) is 76.5 Å². The van der Waals surface area contributed by atoms with Crippen LogP contribution >= 0.6 is 15.9 Å². The second-order valence-electron chi connectivity index (χ2n) is 7.98. The van der Waals surface area contributed by atoms with Gasteiger partial charge >= 0.3 is 5.97 Å². The lowest BCUT2D eigenvalue weighted by Crippen LogP contribution is -2.15. The van der Waals surface area contributed by atoms with E-state index >= 15 is 0 Å². The summed E-state index contributed by atoms with van der Waals surface area (Å²) in [6.07, 6.45) is 3.66. The Morgan fingerprint density at radius 3 is 2.94 bits per heavy atom. The molecule has 0 saturated carbocycles. The largest absolute Gasteiger partial charge is 0.461 e. The van der Waals surface area contributed by atoms with Gasteiger partial charge in [0.2, 0.25) is 0 Å². The van der Waals surface area contributed by atoms with Crippen molar-refractivity contribution in [2.45, 2.75) is 52.7 Å². The molecule has 7 heteroatoms. The summed E-state index contributed by atoms with van der Waals surface area (Å²) in [5, 5.41) is 6.77. The van der Waals surface area contributed by atoms with E-state index in [1.165, 1.54) is 0 Å². The molecule has 0 amide bonds. The van der Waals surface area contributed by atoms with Crippen LogP contribution in [0.4, 0.5) is 0 Å². The molecule has 0 fully saturated rings. The number of hydrogen-bond acceptors (Lipinski definition) is 4. The number of hydrogen-bond donors (Lipinski definition) is 0. The van der Waals surface area contributed by atoms with E-state index in [-0.39, 0.29) is 5.97 Å². The summed E-state index contributed by atoms with van der Waals surface area (Å²) in [7, 11) is 1.97. The first kappa shape index (κ1) is 22.1. The summed E-state index contributed by atoms with van der Waals surface area (Å²) in [4.78, 5) is 13.2. The number of carbonyl (C=O) groups is 1. The Kier molecular flexibility index (Phi) is 6.82. The third kappa shape index (κ3) is 4.05. The van der Waals surface area contributed by atoms with Crippen LogP contribution in [0.3, 0.4) is 0 Å². The molecule has 2 aromatic heterocycles. The summed E-state index contributed by atoms with van der Waals surface area (Å²) in [6.45, 7) is 6.25. The molecular formula is C24H30BrN3O3. The molecule has 0 unspecified atom stereocenters. The molecule has 6 nitrogen and oxygen atoms in total. The van der Waals surface area contributed by atoms with Crippen LogP contribution in [0.5, 0.6) is 0 Å². The number of esters is 1. The fourth-order valence-corrected chi connectivity index (χ4v) is 4.89. The van der Waals surface area contributed by atoms with Crippen LogP contribution in [0.15, 0.2) is 18.2 Å². The number of halogens is 1. The minimum absolute atomic E-state index is 0.233. The van der Waals surface area contributed by atoms with Gasteiger partial charge in [-0.05, 0) is 45.1 Å². The average molecular weight is 488 g/mol. The molecule has 1 aliphatic rings. The van der Waals surface area contributed by atoms with Crippen molar-refractivity contribution >= 4 is 32.8 Å². The summed E-state index contributed by atoms with van der Waals surface area (Å²) >= 11 is 3.55. The highest BCUT2D eigenvalue weighted by Crippen LogP contribution is 2.39. The average Bonchev–Trinajstić information content (AvgIpc) is 3.21. The lowest BCUT2D eigenvalue weighted by molar-refractivity contribution is 0.0512. The predicted octanol–water partition coefficient (Wildman–Crippen LogP) is 5.16. The lowest BCUT2D eigenvalue weighted by atomic mass is 9.98. The van der Waals surface area contributed by atoms with Crippen LogP contribution in [0, 0.1) is 6.92 Å². The molecule has 1 aliphatic heterocycles. The van der Waals surface area contributed by atoms with E-state index in [2.05, 4.69) is 45.6 Å². The van der Waals surface area contributed by atoms with Gasteiger partial charge in [-0.1, -0.05) is 34.1 Å². The standard InChI is InChI=1S/C24H30BrN3O3/c1-4-31-24(29)23-18(11-8-12-25)17-9-7-10-19-21-16(2)27(3)26-20(21)15-30-14-6-5-13-28(23)22(17)19/h7,9-10H,4-6,8,11-15H2,1-3H3. The number of para-hydroxylation sites is 1. The van der Waals surface area contributed by atoms with Gasteiger partial charge in [0, 0.05) is 47.7 Å². The van der Waals surface area contributed by atoms with Crippen LogP contribution in [0.2, 0.25) is 0 Å². The van der Waals surface area contributed by atoms with Crippen LogP contribution < -0.4 is 0 Å². The number of benzene rings is 1. The molecule has 1 aromatic carbocycles. The minimum Gasteiger partial charge on any atom is -0.461 e. The van der Waals surface area contributed by atoms with E-state index in [0.29, 0.717) is 25.5 Å². The van der Waals surface area contributed by atoms with E-state index in [9.17, 15) is 4.79 Å². The SMILES string of the molecule is CCOC(=O)c1c(CCCBr)c2cccc3c2n1CCCCOCc1nn(C)c(C)c1-3. The van der Waals surface area contributed by atoms with Crippen LogP contribution in [0.1, 0.15) is 53.6 Å². The Morgan fingerprint density at radius 1 is 1.32 bits per heavy atom. The highest BCUT2D eigenvalue weighted by atomic mass is 79.9. The first-order valence-electron chi connectivity index (χ1n) is 11.1. The number of rotatable bonds is 5. The Labute approximate surface area is 191 Å². The number of fused-ring (bicyclic) bond motifs is 2. The second-order valence-corrected chi connectivity index (χ2v) is 8.78. The highest BCUT2D eigenvalue weighted by Gasteiger charge is 2.27. The third-order valence-corrected chi connectivity index (χ3v) is 6.61. The molecule has 166 valence electrons. The molecule has 0 bridgehead atoms. The normalized spacial score (nSPS) is 14.3. The number of aromatic nitrogens is 3. The van der Waals surface area contributed by atoms with Gasteiger partial charge < -0.3 is 14.0 Å². The fourth-order valence-electron chi connectivity index (χ4n) is 4.61. The fraction of sp³-hybridized carbons (Fsp3) is 0.500. The van der Waals surface area contributed by atoms with E-state index < -0.39 is 0 Å². The van der Waals surface area contributed by atoms with Crippen molar-refractivity contribution in [3.8, 4) is 11.1 Å². The van der Waals surface area contributed by atoms with E-state index in [1.54, 1.807) is 0 Å². The van der Waals surface area contributed by atoms with Gasteiger partial charge in [0.25, 0.3) is 0 Å². The Bertz CT molecular complexity index is 1100. The van der Waals surface area contributed by atoms with Gasteiger partial charge in [-0.3, -0.25) is 4.68 Å². The van der Waals surface area contributed by atoms with Crippen molar-refractivity contribution < 1.29 is 14.3 Å². The maximum absolute atomic E-state index is 13.2. The molecular weight excluding hydrogens is 458 g/mol. The van der Waals surface area contributed by atoms with Crippen molar-refractivity contribution in [2.24, 2.45) is 7.05 Å². The molecule has 0 spiro atoms. The number of ether oxygens (including phenoxy) is 2.